The molecule has 0 aliphatic heterocycles. The third-order valence-electron chi connectivity index (χ3n) is 5.00. The average Bonchev–Trinajstić information content (AvgIpc) is 3.33. The maximum Gasteiger partial charge on any atom is 0.273 e. The number of halogens is 5. The van der Waals surface area contributed by atoms with E-state index in [1.54, 1.807) is 0 Å². The van der Waals surface area contributed by atoms with Gasteiger partial charge in [-0.25, -0.2) is 26.6 Å². The Morgan fingerprint density at radius 2 is 1.56 bits per heavy atom. The molecule has 0 fully saturated rings. The van der Waals surface area contributed by atoms with Gasteiger partial charge in [-0.1, -0.05) is 11.8 Å². The van der Waals surface area contributed by atoms with Gasteiger partial charge in [-0.3, -0.25) is 4.98 Å². The summed E-state index contributed by atoms with van der Waals surface area (Å²) in [5.74, 6) is 2.82. The Balaban J connectivity index is 1.77. The quantitative estimate of drug-likeness (QED) is 0.356. The predicted octanol–water partition coefficient (Wildman–Crippen LogP) is 3.63. The van der Waals surface area contributed by atoms with Crippen LogP contribution in [0, 0.1) is 29.3 Å². The van der Waals surface area contributed by atoms with Gasteiger partial charge in [0.2, 0.25) is 0 Å². The summed E-state index contributed by atoms with van der Waals surface area (Å²) in [6.07, 6.45) is -1.32. The van der Waals surface area contributed by atoms with Gasteiger partial charge in [0.25, 0.3) is 6.43 Å². The minimum absolute atomic E-state index is 0.133. The molecule has 0 radical (unpaired) electrons. The molecular formula is C23H14F5N5O. The molecule has 2 unspecified atom stereocenters. The van der Waals surface area contributed by atoms with Crippen molar-refractivity contribution in [3.8, 4) is 11.8 Å². The number of aromatic nitrogens is 5. The number of tetrazole rings is 1. The monoisotopic (exact) mass is 471 g/mol. The minimum Gasteiger partial charge on any atom is -0.377 e. The smallest absolute Gasteiger partial charge is 0.273 e. The molecule has 34 heavy (non-hydrogen) atoms. The van der Waals surface area contributed by atoms with Gasteiger partial charge in [0, 0.05) is 29.0 Å². The normalized spacial score (nSPS) is 13.7. The summed E-state index contributed by atoms with van der Waals surface area (Å²) < 4.78 is 70.4. The Kier molecular flexibility index (Phi) is 6.34. The maximum absolute atomic E-state index is 14.5. The fourth-order valence-electron chi connectivity index (χ4n) is 3.37. The number of benzene rings is 2. The molecule has 2 aromatic heterocycles. The highest BCUT2D eigenvalue weighted by atomic mass is 19.3. The van der Waals surface area contributed by atoms with Gasteiger partial charge < -0.3 is 5.11 Å². The van der Waals surface area contributed by atoms with Crippen LogP contribution in [0.1, 0.15) is 28.4 Å². The molecule has 0 saturated heterocycles. The molecule has 0 aliphatic carbocycles. The van der Waals surface area contributed by atoms with E-state index in [1.807, 2.05) is 0 Å². The highest BCUT2D eigenvalue weighted by molar-refractivity contribution is 5.42. The van der Waals surface area contributed by atoms with Gasteiger partial charge >= 0.3 is 0 Å². The zero-order chi connectivity index (χ0) is 24.3. The molecule has 4 rings (SSSR count). The number of aliphatic hydroxyl groups is 1. The zero-order valence-corrected chi connectivity index (χ0v) is 17.1. The number of nitrogens with zero attached hydrogens (tertiary/aromatic N) is 5. The third-order valence-corrected chi connectivity index (χ3v) is 5.00. The van der Waals surface area contributed by atoms with E-state index in [0.717, 1.165) is 23.1 Å². The van der Waals surface area contributed by atoms with Crippen molar-refractivity contribution in [2.45, 2.75) is 18.1 Å². The maximum atomic E-state index is 14.5. The molecule has 0 amide bonds. The summed E-state index contributed by atoms with van der Waals surface area (Å²) in [4.78, 5) is 4.11. The van der Waals surface area contributed by atoms with Crippen molar-refractivity contribution >= 4 is 0 Å². The van der Waals surface area contributed by atoms with Crippen LogP contribution < -0.4 is 0 Å². The second-order valence-corrected chi connectivity index (χ2v) is 7.17. The first-order valence-electron chi connectivity index (χ1n) is 9.71. The van der Waals surface area contributed by atoms with Crippen LogP contribution in [0.5, 0.6) is 0 Å². The molecule has 2 aromatic carbocycles. The minimum atomic E-state index is -3.54. The molecule has 172 valence electrons. The molecule has 2 heterocycles. The summed E-state index contributed by atoms with van der Waals surface area (Å²) in [5.41, 5.74) is -3.27. The van der Waals surface area contributed by atoms with Crippen molar-refractivity contribution in [2.75, 3.05) is 0 Å². The molecule has 2 atom stereocenters. The zero-order valence-electron chi connectivity index (χ0n) is 17.1. The van der Waals surface area contributed by atoms with Crippen molar-refractivity contribution in [3.63, 3.8) is 0 Å². The summed E-state index contributed by atoms with van der Waals surface area (Å²) in [5, 5.41) is 21.5. The van der Waals surface area contributed by atoms with Crippen molar-refractivity contribution < 1.29 is 27.1 Å². The predicted molar refractivity (Wildman–Crippen MR) is 109 cm³/mol. The van der Waals surface area contributed by atoms with Gasteiger partial charge in [0.1, 0.15) is 29.8 Å². The SMILES string of the molecule is OC(c1ccc(F)cc1F)(C(F)F)C(c1ccc(C#Cc2ccc(F)cc2)cn1)n1cnnn1. The Morgan fingerprint density at radius 3 is 2.15 bits per heavy atom. The van der Waals surface area contributed by atoms with E-state index in [2.05, 4.69) is 32.4 Å². The van der Waals surface area contributed by atoms with Gasteiger partial charge in [-0.15, -0.1) is 5.10 Å². The van der Waals surface area contributed by atoms with Crippen molar-refractivity contribution in [1.29, 1.82) is 0 Å². The third kappa shape index (κ3) is 4.49. The van der Waals surface area contributed by atoms with E-state index in [0.29, 0.717) is 17.2 Å². The second-order valence-electron chi connectivity index (χ2n) is 7.17. The van der Waals surface area contributed by atoms with Crippen molar-refractivity contribution in [1.82, 2.24) is 25.2 Å². The Morgan fingerprint density at radius 1 is 0.882 bits per heavy atom. The number of hydrogen-bond acceptors (Lipinski definition) is 5. The van der Waals surface area contributed by atoms with E-state index in [4.69, 9.17) is 0 Å². The van der Waals surface area contributed by atoms with E-state index in [1.165, 1.54) is 42.6 Å². The largest absolute Gasteiger partial charge is 0.377 e. The topological polar surface area (TPSA) is 76.7 Å². The van der Waals surface area contributed by atoms with Crippen LogP contribution in [-0.2, 0) is 5.60 Å². The van der Waals surface area contributed by atoms with Crippen LogP contribution >= 0.6 is 0 Å². The Hall–Kier alpha value is -4.17. The van der Waals surface area contributed by atoms with Crippen LogP contribution in [0.4, 0.5) is 22.0 Å². The van der Waals surface area contributed by atoms with E-state index >= 15 is 0 Å². The first kappa shape index (κ1) is 23.0. The lowest BCUT2D eigenvalue weighted by Gasteiger charge is -2.35. The van der Waals surface area contributed by atoms with Crippen LogP contribution in [0.2, 0.25) is 0 Å². The van der Waals surface area contributed by atoms with Gasteiger partial charge in [0.05, 0.1) is 5.69 Å². The Labute approximate surface area is 189 Å². The lowest BCUT2D eigenvalue weighted by Crippen LogP contribution is -2.45. The summed E-state index contributed by atoms with van der Waals surface area (Å²) in [6, 6.07) is 8.32. The molecule has 0 saturated carbocycles. The van der Waals surface area contributed by atoms with Crippen LogP contribution in [0.25, 0.3) is 0 Å². The molecule has 6 nitrogen and oxygen atoms in total. The fourth-order valence-corrected chi connectivity index (χ4v) is 3.37. The lowest BCUT2D eigenvalue weighted by molar-refractivity contribution is -0.131. The molecule has 0 aliphatic rings. The summed E-state index contributed by atoms with van der Waals surface area (Å²) >= 11 is 0. The highest BCUT2D eigenvalue weighted by Crippen LogP contribution is 2.42. The number of hydrogen-bond donors (Lipinski definition) is 1. The van der Waals surface area contributed by atoms with Gasteiger partial charge in [-0.05, 0) is 59.0 Å². The van der Waals surface area contributed by atoms with Crippen LogP contribution in [-0.4, -0.2) is 36.7 Å². The van der Waals surface area contributed by atoms with Crippen LogP contribution in [0.15, 0.2) is 67.1 Å². The number of pyridine rings is 1. The molecular weight excluding hydrogens is 457 g/mol. The fraction of sp³-hybridized carbons (Fsp3) is 0.130. The summed E-state index contributed by atoms with van der Waals surface area (Å²) in [6.45, 7) is 0. The van der Waals surface area contributed by atoms with Crippen LogP contribution in [0.3, 0.4) is 0 Å². The molecule has 0 spiro atoms. The average molecular weight is 471 g/mol. The van der Waals surface area contributed by atoms with Gasteiger partial charge in [0.15, 0.2) is 5.60 Å². The van der Waals surface area contributed by atoms with E-state index < -0.39 is 41.1 Å². The molecule has 4 aromatic rings. The van der Waals surface area contributed by atoms with E-state index in [-0.39, 0.29) is 5.69 Å². The molecule has 1 N–H and O–H groups in total. The standard InChI is InChI=1S/C23H14F5N5O/c24-16-6-3-14(4-7-16)1-2-15-5-10-20(29-12-15)21(33-13-30-31-32-33)23(34,22(27)28)18-9-8-17(25)11-19(18)26/h3-13,21-22,34H. The Bertz CT molecular complexity index is 1340. The molecule has 11 heteroatoms. The number of alkyl halides is 2. The van der Waals surface area contributed by atoms with Crippen molar-refractivity contribution in [2.24, 2.45) is 0 Å². The van der Waals surface area contributed by atoms with Gasteiger partial charge in [-0.2, -0.15) is 0 Å². The second kappa shape index (κ2) is 9.36. The van der Waals surface area contributed by atoms with Crippen molar-refractivity contribution in [3.05, 3.63) is 107 Å². The summed E-state index contributed by atoms with van der Waals surface area (Å²) in [7, 11) is 0. The highest BCUT2D eigenvalue weighted by Gasteiger charge is 2.51. The molecule has 0 bridgehead atoms. The lowest BCUT2D eigenvalue weighted by atomic mass is 9.84. The first-order chi connectivity index (χ1) is 16.3. The number of rotatable bonds is 5. The van der Waals surface area contributed by atoms with E-state index in [9.17, 15) is 27.1 Å². The first-order valence-corrected chi connectivity index (χ1v) is 9.71.